The second-order valence-corrected chi connectivity index (χ2v) is 12.7. The lowest BCUT2D eigenvalue weighted by Crippen LogP contribution is -2.59. The second kappa shape index (κ2) is 12.5. The van der Waals surface area contributed by atoms with E-state index in [0.29, 0.717) is 49.8 Å². The van der Waals surface area contributed by atoms with Gasteiger partial charge in [0.15, 0.2) is 0 Å². The Labute approximate surface area is 261 Å². The topological polar surface area (TPSA) is 84.9 Å². The van der Waals surface area contributed by atoms with Crippen molar-refractivity contribution in [1.82, 2.24) is 5.32 Å². The van der Waals surface area contributed by atoms with Crippen molar-refractivity contribution in [2.45, 2.75) is 69.8 Å². The zero-order chi connectivity index (χ0) is 31.9. The molecule has 45 heavy (non-hydrogen) atoms. The summed E-state index contributed by atoms with van der Waals surface area (Å²) >= 11 is 0. The number of aliphatic hydroxyl groups is 1. The van der Waals surface area contributed by atoms with Crippen LogP contribution in [0.15, 0.2) is 66.7 Å². The van der Waals surface area contributed by atoms with E-state index in [1.807, 2.05) is 48.2 Å². The molecule has 4 unspecified atom stereocenters. The summed E-state index contributed by atoms with van der Waals surface area (Å²) in [7, 11) is 0. The molecule has 238 valence electrons. The Balaban J connectivity index is 1.29. The van der Waals surface area contributed by atoms with Crippen LogP contribution in [-0.4, -0.2) is 54.7 Å². The number of carbonyl (C=O) groups excluding carboxylic acids is 2. The molecule has 7 nitrogen and oxygen atoms in total. The molecule has 3 saturated heterocycles. The molecular formula is C35H39F3N4O3. The fourth-order valence-corrected chi connectivity index (χ4v) is 7.09. The average molecular weight is 621 g/mol. The summed E-state index contributed by atoms with van der Waals surface area (Å²) < 4.78 is 41.6. The molecule has 0 spiro atoms. The number of amides is 2. The van der Waals surface area contributed by atoms with Crippen molar-refractivity contribution in [1.29, 1.82) is 0 Å². The number of aliphatic hydroxyl groups excluding tert-OH is 1. The Morgan fingerprint density at radius 1 is 0.978 bits per heavy atom. The molecule has 3 heterocycles. The molecule has 0 saturated carbocycles. The molecule has 3 N–H and O–H groups in total. The fraction of sp³-hybridized carbons (Fsp3) is 0.429. The van der Waals surface area contributed by atoms with Crippen molar-refractivity contribution in [2.24, 2.45) is 5.92 Å². The zero-order valence-corrected chi connectivity index (χ0v) is 25.5. The summed E-state index contributed by atoms with van der Waals surface area (Å²) in [5, 5.41) is 16.2. The Bertz CT molecular complexity index is 1560. The van der Waals surface area contributed by atoms with E-state index >= 15 is 0 Å². The van der Waals surface area contributed by atoms with Crippen molar-refractivity contribution in [2.75, 3.05) is 34.8 Å². The SMILES string of the molecule is Cc1ccc(NC(=O)c2cc(N3CCC(O)CC3)cc(C(F)(F)F)c2)cc1C1CC2CNC(C)CC2N(c2ccccc2)C1=O. The van der Waals surface area contributed by atoms with Gasteiger partial charge in [-0.25, -0.2) is 0 Å². The average Bonchev–Trinajstić information content (AvgIpc) is 3.02. The summed E-state index contributed by atoms with van der Waals surface area (Å²) in [6, 6.07) is 18.8. The van der Waals surface area contributed by atoms with E-state index in [-0.39, 0.29) is 23.4 Å². The Hall–Kier alpha value is -3.89. The highest BCUT2D eigenvalue weighted by molar-refractivity contribution is 6.05. The van der Waals surface area contributed by atoms with Gasteiger partial charge < -0.3 is 25.5 Å². The number of hydrogen-bond donors (Lipinski definition) is 3. The van der Waals surface area contributed by atoms with Gasteiger partial charge in [-0.3, -0.25) is 9.59 Å². The van der Waals surface area contributed by atoms with E-state index in [9.17, 15) is 27.9 Å². The first-order chi connectivity index (χ1) is 21.5. The maximum absolute atomic E-state index is 14.2. The van der Waals surface area contributed by atoms with E-state index in [0.717, 1.165) is 41.9 Å². The lowest BCUT2D eigenvalue weighted by atomic mass is 9.74. The van der Waals surface area contributed by atoms with Gasteiger partial charge in [-0.15, -0.1) is 0 Å². The quantitative estimate of drug-likeness (QED) is 0.321. The standard InChI is InChI=1S/C35H39F3N4O3/c1-21-8-9-26(40-33(44)23-15-25(35(36,37)38)18-28(16-23)41-12-10-29(43)11-13-41)19-30(21)31-17-24-20-39-22(2)14-32(24)42(34(31)45)27-6-4-3-5-7-27/h3-9,15-16,18-19,22,24,29,31-32,39,43H,10-14,17,20H2,1-2H3,(H,40,44). The number of alkyl halides is 3. The van der Waals surface area contributed by atoms with Gasteiger partial charge in [0.25, 0.3) is 5.91 Å². The summed E-state index contributed by atoms with van der Waals surface area (Å²) in [5.74, 6) is -0.854. The zero-order valence-electron chi connectivity index (χ0n) is 25.5. The lowest BCUT2D eigenvalue weighted by molar-refractivity contribution is -0.137. The highest BCUT2D eigenvalue weighted by Gasteiger charge is 2.45. The van der Waals surface area contributed by atoms with Gasteiger partial charge in [-0.1, -0.05) is 24.3 Å². The first kappa shape index (κ1) is 31.1. The number of para-hydroxylation sites is 1. The molecule has 10 heteroatoms. The Kier molecular flexibility index (Phi) is 8.63. The van der Waals surface area contributed by atoms with Gasteiger partial charge in [0.2, 0.25) is 5.91 Å². The van der Waals surface area contributed by atoms with E-state index in [1.54, 1.807) is 17.0 Å². The van der Waals surface area contributed by atoms with Crippen molar-refractivity contribution < 1.29 is 27.9 Å². The van der Waals surface area contributed by atoms with Crippen LogP contribution in [0, 0.1) is 12.8 Å². The van der Waals surface area contributed by atoms with E-state index < -0.39 is 29.7 Å². The number of nitrogens with one attached hydrogen (secondary N) is 2. The van der Waals surface area contributed by atoms with E-state index in [2.05, 4.69) is 17.6 Å². The monoisotopic (exact) mass is 620 g/mol. The normalized spacial score (nSPS) is 24.4. The molecule has 6 rings (SSSR count). The van der Waals surface area contributed by atoms with Crippen LogP contribution in [0.5, 0.6) is 0 Å². The molecule has 0 radical (unpaired) electrons. The number of rotatable bonds is 5. The molecule has 3 aliphatic heterocycles. The van der Waals surface area contributed by atoms with Gasteiger partial charge in [-0.2, -0.15) is 13.2 Å². The highest BCUT2D eigenvalue weighted by atomic mass is 19.4. The number of hydrogen-bond acceptors (Lipinski definition) is 5. The number of carbonyl (C=O) groups is 2. The van der Waals surface area contributed by atoms with Gasteiger partial charge >= 0.3 is 6.18 Å². The molecular weight excluding hydrogens is 581 g/mol. The number of anilines is 3. The van der Waals surface area contributed by atoms with Crippen molar-refractivity contribution in [3.05, 3.63) is 89.0 Å². The fourth-order valence-electron chi connectivity index (χ4n) is 7.09. The Morgan fingerprint density at radius 2 is 1.71 bits per heavy atom. The predicted octanol–water partition coefficient (Wildman–Crippen LogP) is 6.11. The summed E-state index contributed by atoms with van der Waals surface area (Å²) in [6.07, 6.45) is -2.71. The van der Waals surface area contributed by atoms with Crippen LogP contribution >= 0.6 is 0 Å². The molecule has 4 atom stereocenters. The number of benzene rings is 3. The van der Waals surface area contributed by atoms with Crippen LogP contribution in [0.25, 0.3) is 0 Å². The number of aryl methyl sites for hydroxylation is 1. The maximum atomic E-state index is 14.2. The van der Waals surface area contributed by atoms with Gasteiger partial charge in [0.1, 0.15) is 0 Å². The minimum absolute atomic E-state index is 0.0114. The number of nitrogens with zero attached hydrogens (tertiary/aromatic N) is 2. The van der Waals surface area contributed by atoms with Crippen molar-refractivity contribution in [3.8, 4) is 0 Å². The summed E-state index contributed by atoms with van der Waals surface area (Å²) in [4.78, 5) is 31.4. The minimum Gasteiger partial charge on any atom is -0.393 e. The van der Waals surface area contributed by atoms with Crippen LogP contribution < -0.4 is 20.4 Å². The maximum Gasteiger partial charge on any atom is 0.416 e. The molecule has 0 aromatic heterocycles. The highest BCUT2D eigenvalue weighted by Crippen LogP contribution is 2.42. The number of piperidine rings is 3. The van der Waals surface area contributed by atoms with Crippen molar-refractivity contribution in [3.63, 3.8) is 0 Å². The molecule has 0 bridgehead atoms. The first-order valence-corrected chi connectivity index (χ1v) is 15.7. The third kappa shape index (κ3) is 6.58. The summed E-state index contributed by atoms with van der Waals surface area (Å²) in [5.41, 5.74) is 2.27. The van der Waals surface area contributed by atoms with Gasteiger partial charge in [0.05, 0.1) is 17.6 Å². The summed E-state index contributed by atoms with van der Waals surface area (Å²) in [6.45, 7) is 5.66. The van der Waals surface area contributed by atoms with Crippen LogP contribution in [-0.2, 0) is 11.0 Å². The van der Waals surface area contributed by atoms with E-state index in [4.69, 9.17) is 0 Å². The Morgan fingerprint density at radius 3 is 2.42 bits per heavy atom. The van der Waals surface area contributed by atoms with E-state index in [1.165, 1.54) is 6.07 Å². The molecule has 3 fully saturated rings. The van der Waals surface area contributed by atoms with Crippen LogP contribution in [0.4, 0.5) is 30.2 Å². The first-order valence-electron chi connectivity index (χ1n) is 15.7. The number of halogens is 3. The largest absolute Gasteiger partial charge is 0.416 e. The van der Waals surface area contributed by atoms with Gasteiger partial charge in [0, 0.05) is 54.3 Å². The molecule has 3 aliphatic rings. The van der Waals surface area contributed by atoms with Crippen LogP contribution in [0.1, 0.15) is 65.6 Å². The van der Waals surface area contributed by atoms with Gasteiger partial charge in [-0.05, 0) is 99.0 Å². The molecule has 2 amide bonds. The van der Waals surface area contributed by atoms with Crippen LogP contribution in [0.3, 0.4) is 0 Å². The molecule has 3 aromatic carbocycles. The third-order valence-electron chi connectivity index (χ3n) is 9.56. The number of fused-ring (bicyclic) bond motifs is 1. The predicted molar refractivity (Wildman–Crippen MR) is 169 cm³/mol. The second-order valence-electron chi connectivity index (χ2n) is 12.7. The smallest absolute Gasteiger partial charge is 0.393 e. The third-order valence-corrected chi connectivity index (χ3v) is 9.56. The lowest BCUT2D eigenvalue weighted by Gasteiger charge is -2.48. The minimum atomic E-state index is -4.63. The van der Waals surface area contributed by atoms with Crippen molar-refractivity contribution >= 4 is 28.9 Å². The molecule has 3 aromatic rings. The molecule has 0 aliphatic carbocycles. The van der Waals surface area contributed by atoms with Crippen LogP contribution in [0.2, 0.25) is 0 Å².